The smallest absolute Gasteiger partial charge is 0.272 e. The highest BCUT2D eigenvalue weighted by Crippen LogP contribution is 2.37. The number of aryl methyl sites for hydroxylation is 11. The van der Waals surface area contributed by atoms with E-state index in [2.05, 4.69) is 399 Å². The summed E-state index contributed by atoms with van der Waals surface area (Å²) in [5.41, 5.74) is 33.7. The third kappa shape index (κ3) is 15.3. The largest absolute Gasteiger partial charge is 0.349 e. The number of benzene rings is 8. The van der Waals surface area contributed by atoms with Gasteiger partial charge in [-0.15, -0.1) is 0 Å². The Morgan fingerprint density at radius 1 is 0.300 bits per heavy atom. The predicted molar refractivity (Wildman–Crippen MR) is 458 cm³/mol. The molecule has 560 valence electrons. The van der Waals surface area contributed by atoms with Gasteiger partial charge in [0.15, 0.2) is 0 Å². The summed E-state index contributed by atoms with van der Waals surface area (Å²) >= 11 is 0. The normalized spacial score (nSPS) is 11.3. The van der Waals surface area contributed by atoms with E-state index in [4.69, 9.17) is 19.9 Å². The van der Waals surface area contributed by atoms with Crippen molar-refractivity contribution in [2.75, 3.05) is 0 Å². The third-order valence-corrected chi connectivity index (χ3v) is 21.4. The van der Waals surface area contributed by atoms with Crippen molar-refractivity contribution in [2.45, 2.75) is 149 Å². The van der Waals surface area contributed by atoms with Crippen molar-refractivity contribution < 1.29 is 18.3 Å². The van der Waals surface area contributed by atoms with Crippen molar-refractivity contribution in [2.24, 2.45) is 28.2 Å². The Bertz CT molecular complexity index is 5890. The van der Waals surface area contributed by atoms with Crippen LogP contribution >= 0.6 is 0 Å². The summed E-state index contributed by atoms with van der Waals surface area (Å²) in [5.74, 6) is 4.87. The number of hydrogen-bond acceptors (Lipinski definition) is 4. The Balaban J connectivity index is 0.000000145. The first-order valence-corrected chi connectivity index (χ1v) is 38.2. The minimum Gasteiger partial charge on any atom is -0.272 e. The fourth-order valence-electron chi connectivity index (χ4n) is 15.6. The van der Waals surface area contributed by atoms with E-state index < -0.39 is 0 Å². The van der Waals surface area contributed by atoms with E-state index >= 15 is 0 Å². The molecule has 0 saturated heterocycles. The van der Waals surface area contributed by atoms with Crippen molar-refractivity contribution in [3.05, 3.63) is 311 Å². The van der Waals surface area contributed by atoms with Crippen LogP contribution in [-0.4, -0.2) is 38.2 Å². The number of pyridine rings is 4. The molecule has 0 spiro atoms. The molecule has 0 unspecified atom stereocenters. The summed E-state index contributed by atoms with van der Waals surface area (Å²) in [7, 11) is 8.43. The van der Waals surface area contributed by atoms with Crippen LogP contribution in [0.2, 0.25) is 0 Å². The number of imidazole rings is 4. The Morgan fingerprint density at radius 2 is 0.600 bits per heavy atom. The number of nitrogens with zero attached hydrogens (tertiary/aromatic N) is 12. The maximum Gasteiger partial charge on any atom is 0.349 e. The van der Waals surface area contributed by atoms with Gasteiger partial charge >= 0.3 is 22.6 Å². The third-order valence-electron chi connectivity index (χ3n) is 21.4. The van der Waals surface area contributed by atoms with Crippen LogP contribution in [0.25, 0.3) is 112 Å². The molecule has 0 aliphatic rings. The quantitative estimate of drug-likeness (QED) is 0.108. The summed E-state index contributed by atoms with van der Waals surface area (Å²) in [4.78, 5) is 19.6. The zero-order chi connectivity index (χ0) is 76.4. The highest BCUT2D eigenvalue weighted by Gasteiger charge is 2.30. The van der Waals surface area contributed by atoms with E-state index in [0.717, 1.165) is 79.9 Å². The minimum absolute atomic E-state index is 0. The molecule has 0 fully saturated rings. The number of hydrogen-bond donors (Lipinski definition) is 0. The van der Waals surface area contributed by atoms with Crippen LogP contribution < -0.4 is 18.3 Å². The van der Waals surface area contributed by atoms with Gasteiger partial charge in [0.1, 0.15) is 44.8 Å². The lowest BCUT2D eigenvalue weighted by molar-refractivity contribution is -0.635. The van der Waals surface area contributed by atoms with Crippen molar-refractivity contribution in [1.82, 2.24) is 38.2 Å². The van der Waals surface area contributed by atoms with E-state index in [1.807, 2.05) is 18.5 Å². The first kappa shape index (κ1) is 79.3. The van der Waals surface area contributed by atoms with E-state index in [1.165, 1.54) is 101 Å². The average molecular weight is 1460 g/mol. The molecule has 0 aliphatic carbocycles. The Hall–Kier alpha value is -11.8. The highest BCUT2D eigenvalue weighted by molar-refractivity contribution is 5.80. The Morgan fingerprint density at radius 3 is 0.964 bits per heavy atom. The number of fused-ring (bicyclic) bond motifs is 4. The van der Waals surface area contributed by atoms with Gasteiger partial charge in [0.25, 0.3) is 0 Å². The summed E-state index contributed by atoms with van der Waals surface area (Å²) in [6.45, 7) is 33.1. The van der Waals surface area contributed by atoms with Gasteiger partial charge in [-0.3, -0.25) is 18.3 Å². The van der Waals surface area contributed by atoms with Crippen LogP contribution in [0.3, 0.4) is 0 Å². The molecule has 16 rings (SSSR count). The van der Waals surface area contributed by atoms with Crippen LogP contribution in [0.4, 0.5) is 0 Å². The van der Waals surface area contributed by atoms with Crippen LogP contribution in [0.15, 0.2) is 249 Å². The summed E-state index contributed by atoms with van der Waals surface area (Å²) < 4.78 is 17.9. The fraction of sp³-hybridized carbons (Fsp3) is 0.265. The van der Waals surface area contributed by atoms with Gasteiger partial charge < -0.3 is 0 Å². The molecule has 12 heteroatoms. The topological polar surface area (TPSA) is 86.8 Å². The molecule has 8 aromatic heterocycles. The molecule has 16 aromatic rings. The molecule has 0 radical (unpaired) electrons. The minimum atomic E-state index is 0. The lowest BCUT2D eigenvalue weighted by atomic mass is 9.92. The maximum atomic E-state index is 5.03. The maximum absolute atomic E-state index is 5.03. The Labute approximate surface area is 653 Å². The Kier molecular flexibility index (Phi) is 24.4. The van der Waals surface area contributed by atoms with Crippen LogP contribution in [0, 0.1) is 41.5 Å². The second kappa shape index (κ2) is 33.8. The van der Waals surface area contributed by atoms with Crippen molar-refractivity contribution >= 4 is 44.7 Å². The molecule has 8 heterocycles. The molecule has 0 saturated carbocycles. The van der Waals surface area contributed by atoms with E-state index in [-0.39, 0.29) is 14.9 Å². The van der Waals surface area contributed by atoms with E-state index in [9.17, 15) is 0 Å². The van der Waals surface area contributed by atoms with Gasteiger partial charge in [0, 0.05) is 53.9 Å². The van der Waals surface area contributed by atoms with Crippen molar-refractivity contribution in [3.63, 3.8) is 0 Å². The van der Waals surface area contributed by atoms with Crippen molar-refractivity contribution in [1.29, 1.82) is 0 Å². The molecule has 0 N–H and O–H groups in total. The lowest BCUT2D eigenvalue weighted by Crippen LogP contribution is -2.32. The molecule has 0 atom stereocenters. The molecule has 0 amide bonds. The molecule has 0 aliphatic heterocycles. The van der Waals surface area contributed by atoms with Crippen LogP contribution in [0.5, 0.6) is 0 Å². The van der Waals surface area contributed by atoms with Gasteiger partial charge in [-0.05, 0) is 189 Å². The zero-order valence-corrected chi connectivity index (χ0v) is 66.6. The van der Waals surface area contributed by atoms with E-state index in [0.29, 0.717) is 23.7 Å². The number of rotatable bonds is 13. The molecule has 110 heavy (non-hydrogen) atoms. The van der Waals surface area contributed by atoms with Crippen LogP contribution in [-0.2, 0) is 34.6 Å². The molecule has 8 aromatic carbocycles. The monoisotopic (exact) mass is 1460 g/mol. The lowest BCUT2D eigenvalue weighted by Gasteiger charge is -2.20. The first-order valence-electron chi connectivity index (χ1n) is 38.2. The SMILES string of the molecule is C.C.CCc1nc2c(ccc(-c3ccccc3C)[n+]2C)n1-c1ccccc1.Cc1ccccc1-c1ccc2c(nc(C)n2-c2c(C(C)C)cccc2C(C)C)[n+]1C.Cc1ccccc1-c1ccc2c(nc(C)n2-c2ccccc2)[n+]1C.Cc1ccccc1-c1ccc2c(ncn2-c2c(C(C)C)cccc2C(C)C)[n+]1C. The summed E-state index contributed by atoms with van der Waals surface area (Å²) in [5, 5.41) is 0. The summed E-state index contributed by atoms with van der Waals surface area (Å²) in [6, 6.07) is 85.9. The standard InChI is InChI=1S/C27H32N3.C26H30N3.C22H22N3.C21H20N3.2CH4/c1-17(2)21-13-10-14-22(18(3)4)26(21)30-20(6)28-27-25(30)16-15-24(29(27)7)23-12-9-8-11-19(23)5;1-17(2)20-12-9-13-21(18(3)4)25(20)29-16-27-26-24(29)15-14-23(28(26)6)22-11-8-7-10-19(22)5;1-4-21-23-22-20(25(21)17-11-6-5-7-12-17)15-14-19(24(22)3)18-13-9-8-10-16(18)2;1-15-9-7-8-12-18(15)19-13-14-20-21(23(19)3)22-16(2)24(20)17-10-5-4-6-11-17;;/h8-18H,1-7H3;7-18H,1-6H3;5-15H,4H2,1-3H3;4-14H,1-3H3;2*1H4/q4*+1;;. The van der Waals surface area contributed by atoms with Crippen LogP contribution in [0.1, 0.15) is 163 Å². The van der Waals surface area contributed by atoms with E-state index in [1.54, 1.807) is 0 Å². The molecule has 0 bridgehead atoms. The molecular weight excluding hydrogens is 1350 g/mol. The second-order valence-corrected chi connectivity index (χ2v) is 29.9. The van der Waals surface area contributed by atoms with Gasteiger partial charge in [-0.1, -0.05) is 247 Å². The molecule has 12 nitrogen and oxygen atoms in total. The highest BCUT2D eigenvalue weighted by atomic mass is 15.2. The molecular formula is C98H112N12+4. The van der Waals surface area contributed by atoms with Gasteiger partial charge in [0.05, 0.1) is 39.6 Å². The number of para-hydroxylation sites is 4. The second-order valence-electron chi connectivity index (χ2n) is 29.9. The van der Waals surface area contributed by atoms with Gasteiger partial charge in [-0.2, -0.15) is 0 Å². The van der Waals surface area contributed by atoms with Gasteiger partial charge in [0.2, 0.25) is 23.8 Å². The van der Waals surface area contributed by atoms with Gasteiger partial charge in [-0.25, -0.2) is 18.3 Å². The predicted octanol–water partition coefficient (Wildman–Crippen LogP) is 22.2. The fourth-order valence-corrected chi connectivity index (χ4v) is 15.6. The number of aromatic nitrogens is 12. The summed E-state index contributed by atoms with van der Waals surface area (Å²) in [6.07, 6.45) is 2.88. The van der Waals surface area contributed by atoms with Crippen molar-refractivity contribution in [3.8, 4) is 67.8 Å². The zero-order valence-electron chi connectivity index (χ0n) is 66.6. The first-order chi connectivity index (χ1) is 52.1. The average Bonchev–Trinajstić information content (AvgIpc) is 1.60.